The number of likely N-dealkylation sites (tertiary alicyclic amines) is 1. The van der Waals surface area contributed by atoms with Crippen LogP contribution in [0.15, 0.2) is 59.6 Å². The van der Waals surface area contributed by atoms with E-state index in [9.17, 15) is 8.60 Å². The summed E-state index contributed by atoms with van der Waals surface area (Å²) in [5, 5.41) is 6.84. The van der Waals surface area contributed by atoms with Gasteiger partial charge in [0.15, 0.2) is 5.96 Å². The molecule has 0 bridgehead atoms. The summed E-state index contributed by atoms with van der Waals surface area (Å²) in [5.74, 6) is 1.75. The quantitative estimate of drug-likeness (QED) is 0.460. The fourth-order valence-electron chi connectivity index (χ4n) is 3.69. The summed E-state index contributed by atoms with van der Waals surface area (Å²) in [6.07, 6.45) is 2.07. The number of halogens is 1. The molecule has 5 nitrogen and oxygen atoms in total. The Hall–Kier alpha value is -2.25. The molecule has 0 aliphatic carbocycles. The number of nitrogens with zero attached hydrogens (tertiary/aromatic N) is 2. The van der Waals surface area contributed by atoms with E-state index >= 15 is 0 Å². The molecule has 0 amide bonds. The smallest absolute Gasteiger partial charge is 0.191 e. The number of rotatable bonds is 9. The Balaban J connectivity index is 1.41. The number of piperidine rings is 1. The highest BCUT2D eigenvalue weighted by Crippen LogP contribution is 2.14. The Morgan fingerprint density at radius 1 is 1.10 bits per heavy atom. The van der Waals surface area contributed by atoms with Crippen LogP contribution in [0.4, 0.5) is 4.39 Å². The van der Waals surface area contributed by atoms with E-state index in [-0.39, 0.29) is 5.82 Å². The maximum Gasteiger partial charge on any atom is 0.191 e. The van der Waals surface area contributed by atoms with Gasteiger partial charge in [-0.25, -0.2) is 4.39 Å². The fraction of sp³-hybridized carbons (Fsp3) is 0.458. The molecule has 1 aliphatic rings. The third-order valence-electron chi connectivity index (χ3n) is 5.35. The summed E-state index contributed by atoms with van der Waals surface area (Å²) in [4.78, 5) is 7.04. The molecule has 31 heavy (non-hydrogen) atoms. The van der Waals surface area contributed by atoms with E-state index in [0.717, 1.165) is 56.1 Å². The van der Waals surface area contributed by atoms with Gasteiger partial charge in [0.05, 0.1) is 6.54 Å². The van der Waals surface area contributed by atoms with Gasteiger partial charge in [-0.1, -0.05) is 42.5 Å². The highest BCUT2D eigenvalue weighted by atomic mass is 32.2. The van der Waals surface area contributed by atoms with Crippen LogP contribution < -0.4 is 10.6 Å². The maximum absolute atomic E-state index is 13.1. The molecular weight excluding hydrogens is 411 g/mol. The number of guanidine groups is 1. The zero-order valence-electron chi connectivity index (χ0n) is 18.2. The zero-order valence-corrected chi connectivity index (χ0v) is 19.0. The van der Waals surface area contributed by atoms with Gasteiger partial charge in [0.2, 0.25) is 0 Å². The Morgan fingerprint density at radius 2 is 1.81 bits per heavy atom. The number of aliphatic imine (C=N–C) groups is 1. The predicted octanol–water partition coefficient (Wildman–Crippen LogP) is 3.29. The van der Waals surface area contributed by atoms with Crippen LogP contribution in [0.25, 0.3) is 0 Å². The highest BCUT2D eigenvalue weighted by molar-refractivity contribution is 7.84. The first kappa shape index (κ1) is 23.4. The lowest BCUT2D eigenvalue weighted by Gasteiger charge is -2.33. The summed E-state index contributed by atoms with van der Waals surface area (Å²) in [7, 11) is -0.917. The van der Waals surface area contributed by atoms with Crippen LogP contribution in [0.5, 0.6) is 0 Å². The van der Waals surface area contributed by atoms with E-state index < -0.39 is 10.8 Å². The lowest BCUT2D eigenvalue weighted by atomic mass is 10.0. The molecule has 2 aromatic rings. The number of nitrogens with one attached hydrogen (secondary N) is 2. The molecule has 0 radical (unpaired) electrons. The van der Waals surface area contributed by atoms with Gasteiger partial charge < -0.3 is 10.6 Å². The van der Waals surface area contributed by atoms with Crippen molar-refractivity contribution in [3.05, 3.63) is 71.5 Å². The molecule has 0 aromatic heterocycles. The minimum absolute atomic E-state index is 0.189. The maximum atomic E-state index is 13.1. The second kappa shape index (κ2) is 12.6. The molecule has 1 saturated heterocycles. The van der Waals surface area contributed by atoms with Crippen molar-refractivity contribution in [3.63, 3.8) is 0 Å². The molecule has 0 saturated carbocycles. The number of hydrogen-bond acceptors (Lipinski definition) is 3. The summed E-state index contributed by atoms with van der Waals surface area (Å²) in [6.45, 7) is 6.23. The molecule has 1 fully saturated rings. The Kier molecular flexibility index (Phi) is 9.49. The van der Waals surface area contributed by atoms with Gasteiger partial charge >= 0.3 is 0 Å². The van der Waals surface area contributed by atoms with Crippen molar-refractivity contribution in [3.8, 4) is 0 Å². The third-order valence-corrected chi connectivity index (χ3v) is 6.64. The van der Waals surface area contributed by atoms with E-state index in [2.05, 4.69) is 27.4 Å². The van der Waals surface area contributed by atoms with Crippen molar-refractivity contribution in [2.45, 2.75) is 38.1 Å². The van der Waals surface area contributed by atoms with E-state index in [4.69, 9.17) is 0 Å². The van der Waals surface area contributed by atoms with Gasteiger partial charge in [-0.15, -0.1) is 0 Å². The largest absolute Gasteiger partial charge is 0.357 e. The van der Waals surface area contributed by atoms with Crippen LogP contribution in [-0.4, -0.2) is 53.0 Å². The van der Waals surface area contributed by atoms with E-state index in [1.54, 1.807) is 0 Å². The van der Waals surface area contributed by atoms with Crippen molar-refractivity contribution in [1.82, 2.24) is 15.5 Å². The van der Waals surface area contributed by atoms with Crippen molar-refractivity contribution >= 4 is 16.8 Å². The number of hydrogen-bond donors (Lipinski definition) is 2. The normalized spacial score (nSPS) is 16.8. The average Bonchev–Trinajstić information content (AvgIpc) is 2.77. The van der Waals surface area contributed by atoms with E-state index in [0.29, 0.717) is 24.1 Å². The van der Waals surface area contributed by atoms with Crippen LogP contribution in [0.1, 0.15) is 30.9 Å². The van der Waals surface area contributed by atoms with E-state index in [1.807, 2.05) is 42.5 Å². The first-order valence-corrected chi connectivity index (χ1v) is 12.5. The van der Waals surface area contributed by atoms with Crippen LogP contribution in [0.3, 0.4) is 0 Å². The van der Waals surface area contributed by atoms with E-state index in [1.165, 1.54) is 12.1 Å². The van der Waals surface area contributed by atoms with Gasteiger partial charge in [0.1, 0.15) is 5.82 Å². The van der Waals surface area contributed by atoms with Crippen LogP contribution >= 0.6 is 0 Å². The lowest BCUT2D eigenvalue weighted by Crippen LogP contribution is -2.48. The summed E-state index contributed by atoms with van der Waals surface area (Å²) in [6, 6.07) is 17.1. The van der Waals surface area contributed by atoms with Gasteiger partial charge in [-0.2, -0.15) is 0 Å². The lowest BCUT2D eigenvalue weighted by molar-refractivity contribution is 0.198. The van der Waals surface area contributed by atoms with Crippen molar-refractivity contribution in [2.24, 2.45) is 4.99 Å². The van der Waals surface area contributed by atoms with Crippen LogP contribution in [0.2, 0.25) is 0 Å². The minimum atomic E-state index is -0.917. The van der Waals surface area contributed by atoms with Crippen molar-refractivity contribution in [2.75, 3.05) is 31.9 Å². The Labute approximate surface area is 187 Å². The molecule has 2 N–H and O–H groups in total. The first-order chi connectivity index (χ1) is 15.1. The molecule has 0 spiro atoms. The second-order valence-corrected chi connectivity index (χ2v) is 9.43. The highest BCUT2D eigenvalue weighted by Gasteiger charge is 2.20. The summed E-state index contributed by atoms with van der Waals surface area (Å²) < 4.78 is 25.4. The molecule has 1 aliphatic heterocycles. The van der Waals surface area contributed by atoms with Gasteiger partial charge in [-0.05, 0) is 43.0 Å². The predicted molar refractivity (Wildman–Crippen MR) is 127 cm³/mol. The van der Waals surface area contributed by atoms with Gasteiger partial charge in [0.25, 0.3) is 0 Å². The van der Waals surface area contributed by atoms with Crippen molar-refractivity contribution < 1.29 is 8.60 Å². The molecule has 1 heterocycles. The van der Waals surface area contributed by atoms with Crippen molar-refractivity contribution in [1.29, 1.82) is 0 Å². The molecule has 7 heteroatoms. The van der Waals surface area contributed by atoms with Crippen LogP contribution in [0, 0.1) is 5.82 Å². The standard InChI is InChI=1S/C24H33FN4OS/c1-2-26-24(27-14-17-31(30)19-21-6-4-3-5-7-21)28-23-12-15-29(16-13-23)18-20-8-10-22(25)11-9-20/h3-11,23H,2,12-19H2,1H3,(H2,26,27,28). The molecule has 2 aromatic carbocycles. The summed E-state index contributed by atoms with van der Waals surface area (Å²) >= 11 is 0. The number of benzene rings is 2. The molecular formula is C24H33FN4OS. The molecule has 1 unspecified atom stereocenters. The Morgan fingerprint density at radius 3 is 2.48 bits per heavy atom. The fourth-order valence-corrected chi connectivity index (χ4v) is 4.69. The minimum Gasteiger partial charge on any atom is -0.357 e. The summed E-state index contributed by atoms with van der Waals surface area (Å²) in [5.41, 5.74) is 2.24. The molecule has 1 atom stereocenters. The van der Waals surface area contributed by atoms with Gasteiger partial charge in [0, 0.05) is 54.5 Å². The molecule has 168 valence electrons. The van der Waals surface area contributed by atoms with Gasteiger partial charge in [-0.3, -0.25) is 14.1 Å². The monoisotopic (exact) mass is 444 g/mol. The molecule has 3 rings (SSSR count). The first-order valence-electron chi connectivity index (χ1n) is 11.0. The second-order valence-electron chi connectivity index (χ2n) is 7.86. The third kappa shape index (κ3) is 8.42. The topological polar surface area (TPSA) is 56.7 Å². The zero-order chi connectivity index (χ0) is 21.9. The SMILES string of the molecule is CCNC(=NCCS(=O)Cc1ccccc1)NC1CCN(Cc2ccc(F)cc2)CC1. The Bertz CT molecular complexity index is 836. The average molecular weight is 445 g/mol. The van der Waals surface area contributed by atoms with Crippen LogP contribution in [-0.2, 0) is 23.1 Å².